The van der Waals surface area contributed by atoms with Gasteiger partial charge in [0.2, 0.25) is 11.1 Å². The summed E-state index contributed by atoms with van der Waals surface area (Å²) in [5, 5.41) is 11.8. The SMILES string of the molecule is CC(=O)c1cccc(NC(=O)CSc2nnc(-c3cccc(Cl)c3)n2N)c1. The third-order valence-electron chi connectivity index (χ3n) is 3.63. The van der Waals surface area contributed by atoms with Crippen LogP contribution in [0.4, 0.5) is 5.69 Å². The van der Waals surface area contributed by atoms with Crippen LogP contribution in [0.1, 0.15) is 17.3 Å². The minimum Gasteiger partial charge on any atom is -0.335 e. The van der Waals surface area contributed by atoms with Gasteiger partial charge in [0, 0.05) is 21.8 Å². The molecule has 27 heavy (non-hydrogen) atoms. The molecule has 1 aromatic heterocycles. The van der Waals surface area contributed by atoms with Gasteiger partial charge >= 0.3 is 0 Å². The van der Waals surface area contributed by atoms with Crippen molar-refractivity contribution >= 4 is 40.7 Å². The maximum Gasteiger partial charge on any atom is 0.234 e. The number of amides is 1. The molecule has 0 radical (unpaired) electrons. The van der Waals surface area contributed by atoms with E-state index in [0.717, 1.165) is 17.3 Å². The highest BCUT2D eigenvalue weighted by atomic mass is 35.5. The van der Waals surface area contributed by atoms with E-state index in [4.69, 9.17) is 17.4 Å². The molecule has 3 N–H and O–H groups in total. The van der Waals surface area contributed by atoms with Crippen LogP contribution in [0.3, 0.4) is 0 Å². The predicted molar refractivity (Wildman–Crippen MR) is 106 cm³/mol. The predicted octanol–water partition coefficient (Wildman–Crippen LogP) is 3.25. The van der Waals surface area contributed by atoms with Gasteiger partial charge in [0.05, 0.1) is 5.75 Å². The number of nitrogens with one attached hydrogen (secondary N) is 1. The number of benzene rings is 2. The zero-order chi connectivity index (χ0) is 19.4. The number of rotatable bonds is 6. The second-order valence-corrected chi connectivity index (χ2v) is 7.04. The monoisotopic (exact) mass is 401 g/mol. The van der Waals surface area contributed by atoms with Gasteiger partial charge in [-0.1, -0.05) is 47.6 Å². The first-order valence-corrected chi connectivity index (χ1v) is 9.30. The summed E-state index contributed by atoms with van der Waals surface area (Å²) in [6.07, 6.45) is 0. The van der Waals surface area contributed by atoms with E-state index in [-0.39, 0.29) is 17.4 Å². The smallest absolute Gasteiger partial charge is 0.234 e. The second-order valence-electron chi connectivity index (χ2n) is 5.66. The summed E-state index contributed by atoms with van der Waals surface area (Å²) in [7, 11) is 0. The summed E-state index contributed by atoms with van der Waals surface area (Å²) in [6.45, 7) is 1.47. The van der Waals surface area contributed by atoms with Gasteiger partial charge in [-0.25, -0.2) is 4.68 Å². The fourth-order valence-corrected chi connectivity index (χ4v) is 3.19. The van der Waals surface area contributed by atoms with E-state index >= 15 is 0 Å². The van der Waals surface area contributed by atoms with Crippen LogP contribution in [0.2, 0.25) is 5.02 Å². The molecule has 3 rings (SSSR count). The van der Waals surface area contributed by atoms with Crippen molar-refractivity contribution in [1.29, 1.82) is 0 Å². The van der Waals surface area contributed by atoms with E-state index in [9.17, 15) is 9.59 Å². The molecule has 2 aromatic carbocycles. The lowest BCUT2D eigenvalue weighted by Crippen LogP contribution is -2.16. The van der Waals surface area contributed by atoms with E-state index < -0.39 is 0 Å². The minimum atomic E-state index is -0.243. The number of anilines is 1. The third kappa shape index (κ3) is 4.66. The number of carbonyl (C=O) groups is 2. The minimum absolute atomic E-state index is 0.0646. The van der Waals surface area contributed by atoms with Gasteiger partial charge in [-0.15, -0.1) is 10.2 Å². The maximum absolute atomic E-state index is 12.2. The average Bonchev–Trinajstić information content (AvgIpc) is 3.01. The maximum atomic E-state index is 12.2. The Morgan fingerprint density at radius 1 is 1.19 bits per heavy atom. The molecule has 0 spiro atoms. The molecule has 0 bridgehead atoms. The van der Waals surface area contributed by atoms with Crippen molar-refractivity contribution < 1.29 is 9.59 Å². The first-order chi connectivity index (χ1) is 12.9. The van der Waals surface area contributed by atoms with Crippen LogP contribution in [0.5, 0.6) is 0 Å². The summed E-state index contributed by atoms with van der Waals surface area (Å²) in [5.74, 6) is 6.27. The summed E-state index contributed by atoms with van der Waals surface area (Å²) in [6, 6.07) is 13.9. The molecule has 0 fully saturated rings. The first kappa shape index (κ1) is 18.9. The van der Waals surface area contributed by atoms with Crippen molar-refractivity contribution in [2.45, 2.75) is 12.1 Å². The molecule has 0 unspecified atom stereocenters. The van der Waals surface area contributed by atoms with E-state index in [1.165, 1.54) is 11.6 Å². The fourth-order valence-electron chi connectivity index (χ4n) is 2.34. The Morgan fingerprint density at radius 2 is 1.96 bits per heavy atom. The highest BCUT2D eigenvalue weighted by Crippen LogP contribution is 2.24. The molecule has 0 aliphatic rings. The average molecular weight is 402 g/mol. The Bertz CT molecular complexity index is 1000. The molecule has 0 saturated carbocycles. The van der Waals surface area contributed by atoms with Crippen LogP contribution in [-0.4, -0.2) is 32.3 Å². The molecular weight excluding hydrogens is 386 g/mol. The van der Waals surface area contributed by atoms with Crippen LogP contribution in [0.15, 0.2) is 53.7 Å². The van der Waals surface area contributed by atoms with Gasteiger partial charge in [0.1, 0.15) is 0 Å². The second kappa shape index (κ2) is 8.24. The Kier molecular flexibility index (Phi) is 5.78. The summed E-state index contributed by atoms with van der Waals surface area (Å²) >= 11 is 7.14. The van der Waals surface area contributed by atoms with E-state index in [2.05, 4.69) is 15.5 Å². The Hall–Kier alpha value is -2.84. The van der Waals surface area contributed by atoms with Crippen molar-refractivity contribution in [1.82, 2.24) is 14.9 Å². The molecular formula is C18H16ClN5O2S. The van der Waals surface area contributed by atoms with Crippen molar-refractivity contribution in [3.63, 3.8) is 0 Å². The first-order valence-electron chi connectivity index (χ1n) is 7.94. The molecule has 1 amide bonds. The van der Waals surface area contributed by atoms with Crippen LogP contribution in [0.25, 0.3) is 11.4 Å². The Balaban J connectivity index is 1.64. The number of carbonyl (C=O) groups excluding carboxylic acids is 2. The molecule has 0 aliphatic heterocycles. The molecule has 0 atom stereocenters. The number of aromatic nitrogens is 3. The van der Waals surface area contributed by atoms with Crippen LogP contribution in [-0.2, 0) is 4.79 Å². The van der Waals surface area contributed by atoms with Crippen molar-refractivity contribution in [2.24, 2.45) is 0 Å². The lowest BCUT2D eigenvalue weighted by molar-refractivity contribution is -0.113. The molecule has 0 aliphatic carbocycles. The Morgan fingerprint density at radius 3 is 2.70 bits per heavy atom. The van der Waals surface area contributed by atoms with Crippen LogP contribution < -0.4 is 11.2 Å². The van der Waals surface area contributed by atoms with E-state index in [1.807, 2.05) is 6.07 Å². The van der Waals surface area contributed by atoms with Crippen LogP contribution >= 0.6 is 23.4 Å². The lowest BCUT2D eigenvalue weighted by atomic mass is 10.1. The summed E-state index contributed by atoms with van der Waals surface area (Å²) in [4.78, 5) is 23.6. The van der Waals surface area contributed by atoms with E-state index in [0.29, 0.717) is 27.3 Å². The van der Waals surface area contributed by atoms with Gasteiger partial charge in [-0.05, 0) is 31.2 Å². The fraction of sp³-hybridized carbons (Fsp3) is 0.111. The molecule has 138 valence electrons. The molecule has 3 aromatic rings. The number of hydrogen-bond donors (Lipinski definition) is 2. The van der Waals surface area contributed by atoms with Crippen molar-refractivity contribution in [2.75, 3.05) is 16.9 Å². The highest BCUT2D eigenvalue weighted by Gasteiger charge is 2.14. The number of halogens is 1. The number of Topliss-reactive ketones (excluding diaryl/α,β-unsaturated/α-hetero) is 1. The van der Waals surface area contributed by atoms with Crippen molar-refractivity contribution in [3.05, 3.63) is 59.1 Å². The van der Waals surface area contributed by atoms with Gasteiger partial charge < -0.3 is 11.2 Å². The largest absolute Gasteiger partial charge is 0.335 e. The summed E-state index contributed by atoms with van der Waals surface area (Å²) in [5.41, 5.74) is 1.82. The van der Waals surface area contributed by atoms with Crippen molar-refractivity contribution in [3.8, 4) is 11.4 Å². The zero-order valence-corrected chi connectivity index (χ0v) is 15.9. The molecule has 9 heteroatoms. The Labute approximate surface area is 164 Å². The molecule has 0 saturated heterocycles. The normalized spacial score (nSPS) is 10.6. The zero-order valence-electron chi connectivity index (χ0n) is 14.3. The number of ketones is 1. The lowest BCUT2D eigenvalue weighted by Gasteiger charge is -2.06. The number of nitrogens with zero attached hydrogens (tertiary/aromatic N) is 3. The number of nitrogens with two attached hydrogens (primary N) is 1. The van der Waals surface area contributed by atoms with Gasteiger partial charge in [-0.3, -0.25) is 9.59 Å². The highest BCUT2D eigenvalue weighted by molar-refractivity contribution is 7.99. The number of nitrogen functional groups attached to an aromatic ring is 1. The van der Waals surface area contributed by atoms with E-state index in [1.54, 1.807) is 42.5 Å². The molecule has 1 heterocycles. The van der Waals surface area contributed by atoms with Gasteiger partial charge in [0.25, 0.3) is 0 Å². The molecule has 7 nitrogen and oxygen atoms in total. The van der Waals surface area contributed by atoms with Gasteiger partial charge in [0.15, 0.2) is 11.6 Å². The number of hydrogen-bond acceptors (Lipinski definition) is 6. The number of thioether (sulfide) groups is 1. The summed E-state index contributed by atoms with van der Waals surface area (Å²) < 4.78 is 1.32. The standard InChI is InChI=1S/C18H16ClN5O2S/c1-11(25)12-4-3-7-15(9-12)21-16(26)10-27-18-23-22-17(24(18)20)13-5-2-6-14(19)8-13/h2-9H,10,20H2,1H3,(H,21,26). The third-order valence-corrected chi connectivity index (χ3v) is 4.81. The van der Waals surface area contributed by atoms with Crippen LogP contribution in [0, 0.1) is 0 Å². The van der Waals surface area contributed by atoms with Gasteiger partial charge in [-0.2, -0.15) is 0 Å². The quantitative estimate of drug-likeness (QED) is 0.373. The topological polar surface area (TPSA) is 103 Å².